The van der Waals surface area contributed by atoms with Crippen LogP contribution in [0, 0.1) is 19.8 Å². The lowest BCUT2D eigenvalue weighted by Gasteiger charge is -2.13. The molecule has 0 aliphatic rings. The summed E-state index contributed by atoms with van der Waals surface area (Å²) in [5.74, 6) is -0.0351. The number of ether oxygens (including phenoxy) is 1. The first-order chi connectivity index (χ1) is 13.7. The lowest BCUT2D eigenvalue weighted by Crippen LogP contribution is -2.37. The quantitative estimate of drug-likeness (QED) is 0.587. The summed E-state index contributed by atoms with van der Waals surface area (Å²) in [4.78, 5) is 23.9. The summed E-state index contributed by atoms with van der Waals surface area (Å²) in [6.07, 6.45) is 0. The van der Waals surface area contributed by atoms with E-state index < -0.39 is 5.91 Å². The van der Waals surface area contributed by atoms with E-state index in [0.717, 1.165) is 11.1 Å². The number of anilines is 2. The van der Waals surface area contributed by atoms with Crippen molar-refractivity contribution in [1.29, 1.82) is 0 Å². The smallest absolute Gasteiger partial charge is 0.264 e. The maximum absolute atomic E-state index is 12.1. The van der Waals surface area contributed by atoms with E-state index in [1.807, 2.05) is 27.7 Å². The van der Waals surface area contributed by atoms with Gasteiger partial charge in [-0.05, 0) is 67.5 Å². The van der Waals surface area contributed by atoms with Gasteiger partial charge >= 0.3 is 0 Å². The minimum Gasteiger partial charge on any atom is -0.484 e. The fraction of sp³-hybridized carbons (Fsp3) is 0.286. The van der Waals surface area contributed by atoms with Gasteiger partial charge in [0.15, 0.2) is 11.7 Å². The van der Waals surface area contributed by atoms with Crippen LogP contribution in [0.25, 0.3) is 0 Å². The van der Waals surface area contributed by atoms with Crippen LogP contribution in [0.4, 0.5) is 11.4 Å². The van der Waals surface area contributed by atoms with E-state index in [4.69, 9.17) is 28.6 Å². The molecule has 0 aliphatic carbocycles. The van der Waals surface area contributed by atoms with E-state index in [1.165, 1.54) is 0 Å². The van der Waals surface area contributed by atoms with Crippen LogP contribution in [0.15, 0.2) is 36.4 Å². The number of benzene rings is 2. The Morgan fingerprint density at radius 3 is 2.24 bits per heavy atom. The zero-order valence-electron chi connectivity index (χ0n) is 16.8. The second-order valence-electron chi connectivity index (χ2n) is 6.89. The molecule has 0 saturated heterocycles. The first-order valence-electron chi connectivity index (χ1n) is 9.07. The fourth-order valence-electron chi connectivity index (χ4n) is 2.42. The molecule has 0 fully saturated rings. The van der Waals surface area contributed by atoms with Crippen molar-refractivity contribution >= 4 is 52.1 Å². The summed E-state index contributed by atoms with van der Waals surface area (Å²) in [5, 5.41) is 9.10. The topological polar surface area (TPSA) is 79.5 Å². The van der Waals surface area contributed by atoms with Gasteiger partial charge in [-0.25, -0.2) is 0 Å². The maximum atomic E-state index is 12.1. The van der Waals surface area contributed by atoms with E-state index in [0.29, 0.717) is 22.1 Å². The fourth-order valence-corrected chi connectivity index (χ4v) is 2.77. The first-order valence-corrected chi connectivity index (χ1v) is 9.85. The third-order valence-electron chi connectivity index (χ3n) is 3.95. The van der Waals surface area contributed by atoms with Crippen molar-refractivity contribution in [3.63, 3.8) is 0 Å². The molecule has 0 unspecified atom stereocenters. The molecular formula is C21H24ClN3O3S. The van der Waals surface area contributed by atoms with E-state index in [1.54, 1.807) is 36.4 Å². The molecule has 2 rings (SSSR count). The molecule has 6 nitrogen and oxygen atoms in total. The van der Waals surface area contributed by atoms with Gasteiger partial charge in [-0.15, -0.1) is 0 Å². The predicted octanol–water partition coefficient (Wildman–Crippen LogP) is 4.44. The second kappa shape index (κ2) is 10.2. The number of amides is 2. The van der Waals surface area contributed by atoms with Gasteiger partial charge in [-0.3, -0.25) is 14.9 Å². The summed E-state index contributed by atoms with van der Waals surface area (Å²) in [6.45, 7) is 7.19. The van der Waals surface area contributed by atoms with Gasteiger partial charge in [0.05, 0.1) is 0 Å². The Morgan fingerprint density at radius 2 is 1.66 bits per heavy atom. The van der Waals surface area contributed by atoms with Crippen LogP contribution >= 0.6 is 23.8 Å². The minimum atomic E-state index is -0.392. The van der Waals surface area contributed by atoms with Gasteiger partial charge in [0.1, 0.15) is 5.75 Å². The van der Waals surface area contributed by atoms with Gasteiger partial charge in [-0.2, -0.15) is 0 Å². The van der Waals surface area contributed by atoms with Crippen molar-refractivity contribution in [3.05, 3.63) is 52.5 Å². The molecule has 29 heavy (non-hydrogen) atoms. The molecule has 0 heterocycles. The van der Waals surface area contributed by atoms with Crippen molar-refractivity contribution in [3.8, 4) is 5.75 Å². The number of hydrogen-bond donors (Lipinski definition) is 3. The van der Waals surface area contributed by atoms with Crippen molar-refractivity contribution in [2.75, 3.05) is 17.2 Å². The molecule has 0 radical (unpaired) electrons. The second-order valence-corrected chi connectivity index (χ2v) is 7.67. The largest absolute Gasteiger partial charge is 0.484 e. The lowest BCUT2D eigenvalue weighted by molar-refractivity contribution is -0.121. The Morgan fingerprint density at radius 1 is 1.07 bits per heavy atom. The molecule has 3 N–H and O–H groups in total. The average Bonchev–Trinajstić information content (AvgIpc) is 2.64. The molecule has 0 saturated carbocycles. The zero-order valence-corrected chi connectivity index (χ0v) is 18.3. The molecule has 0 aromatic heterocycles. The van der Waals surface area contributed by atoms with Crippen LogP contribution < -0.4 is 20.7 Å². The van der Waals surface area contributed by atoms with Crippen LogP contribution in [0.3, 0.4) is 0 Å². The Kier molecular flexibility index (Phi) is 7.99. The predicted molar refractivity (Wildman–Crippen MR) is 121 cm³/mol. The van der Waals surface area contributed by atoms with Crippen LogP contribution in [0.5, 0.6) is 5.75 Å². The number of carbonyl (C=O) groups excluding carboxylic acids is 2. The van der Waals surface area contributed by atoms with Gasteiger partial charge in [0.2, 0.25) is 5.91 Å². The molecule has 8 heteroatoms. The highest BCUT2D eigenvalue weighted by atomic mass is 35.5. The summed E-state index contributed by atoms with van der Waals surface area (Å²) in [7, 11) is 0. The summed E-state index contributed by atoms with van der Waals surface area (Å²) in [6, 6.07) is 10.6. The maximum Gasteiger partial charge on any atom is 0.264 e. The Bertz CT molecular complexity index is 908. The van der Waals surface area contributed by atoms with Crippen LogP contribution in [0.1, 0.15) is 25.0 Å². The number of nitrogens with one attached hydrogen (secondary N) is 3. The highest BCUT2D eigenvalue weighted by molar-refractivity contribution is 7.80. The number of halogens is 1. The van der Waals surface area contributed by atoms with Gasteiger partial charge < -0.3 is 15.4 Å². The molecule has 0 atom stereocenters. The number of aryl methyl sites for hydroxylation is 2. The summed E-state index contributed by atoms with van der Waals surface area (Å²) < 4.78 is 5.52. The molecule has 2 amide bonds. The van der Waals surface area contributed by atoms with E-state index in [2.05, 4.69) is 16.0 Å². The van der Waals surface area contributed by atoms with Crippen LogP contribution in [0.2, 0.25) is 5.02 Å². The monoisotopic (exact) mass is 433 g/mol. The summed E-state index contributed by atoms with van der Waals surface area (Å²) >= 11 is 11.3. The van der Waals surface area contributed by atoms with Crippen molar-refractivity contribution in [1.82, 2.24) is 5.32 Å². The standard InChI is InChI=1S/C21H24ClN3O3S/c1-12(2)20(27)23-15-6-5-7-16(10-15)24-21(29)25-18(26)11-28-17-8-13(3)19(22)14(4)9-17/h5-10,12H,11H2,1-4H3,(H,23,27)(H2,24,25,26,29). The Balaban J connectivity index is 1.87. The van der Waals surface area contributed by atoms with Gasteiger partial charge in [0.25, 0.3) is 5.91 Å². The molecule has 2 aromatic carbocycles. The number of thiocarbonyl (C=S) groups is 1. The van der Waals surface area contributed by atoms with Crippen molar-refractivity contribution in [2.45, 2.75) is 27.7 Å². The van der Waals surface area contributed by atoms with E-state index in [-0.39, 0.29) is 23.5 Å². The third-order valence-corrected chi connectivity index (χ3v) is 4.75. The normalized spacial score (nSPS) is 10.4. The SMILES string of the molecule is Cc1cc(OCC(=O)NC(=S)Nc2cccc(NC(=O)C(C)C)c2)cc(C)c1Cl. The zero-order chi connectivity index (χ0) is 21.6. The highest BCUT2D eigenvalue weighted by Crippen LogP contribution is 2.25. The molecule has 2 aromatic rings. The lowest BCUT2D eigenvalue weighted by atomic mass is 10.1. The molecular weight excluding hydrogens is 410 g/mol. The van der Waals surface area contributed by atoms with E-state index in [9.17, 15) is 9.59 Å². The molecule has 154 valence electrons. The molecule has 0 bridgehead atoms. The third kappa shape index (κ3) is 7.03. The van der Waals surface area contributed by atoms with Crippen molar-refractivity contribution < 1.29 is 14.3 Å². The average molecular weight is 434 g/mol. The summed E-state index contributed by atoms with van der Waals surface area (Å²) in [5.41, 5.74) is 3.04. The Hall–Kier alpha value is -2.64. The molecule has 0 aliphatic heterocycles. The van der Waals surface area contributed by atoms with Crippen LogP contribution in [-0.4, -0.2) is 23.5 Å². The Labute approximate surface area is 181 Å². The number of hydrogen-bond acceptors (Lipinski definition) is 4. The highest BCUT2D eigenvalue weighted by Gasteiger charge is 2.10. The number of carbonyl (C=O) groups is 2. The van der Waals surface area contributed by atoms with Gasteiger partial charge in [-0.1, -0.05) is 31.5 Å². The van der Waals surface area contributed by atoms with Crippen LogP contribution in [-0.2, 0) is 9.59 Å². The first kappa shape index (κ1) is 22.6. The molecule has 0 spiro atoms. The number of rotatable bonds is 6. The van der Waals surface area contributed by atoms with Crippen molar-refractivity contribution in [2.24, 2.45) is 5.92 Å². The van der Waals surface area contributed by atoms with E-state index >= 15 is 0 Å². The minimum absolute atomic E-state index is 0.0807. The van der Waals surface area contributed by atoms with Gasteiger partial charge in [0, 0.05) is 22.3 Å².